The van der Waals surface area contributed by atoms with E-state index in [0.29, 0.717) is 23.8 Å². The van der Waals surface area contributed by atoms with Crippen molar-refractivity contribution in [2.75, 3.05) is 13.7 Å². The van der Waals surface area contributed by atoms with E-state index in [9.17, 15) is 9.59 Å². The number of methoxy groups -OCH3 is 1. The lowest BCUT2D eigenvalue weighted by molar-refractivity contribution is 0.0474. The summed E-state index contributed by atoms with van der Waals surface area (Å²) in [7, 11) is 1.62. The van der Waals surface area contributed by atoms with Crippen molar-refractivity contribution in [2.24, 2.45) is 0 Å². The molecule has 1 heterocycles. The number of ketones is 1. The fourth-order valence-electron chi connectivity index (χ4n) is 3.15. The molecule has 1 aromatic heterocycles. The van der Waals surface area contributed by atoms with Crippen molar-refractivity contribution >= 4 is 11.8 Å². The molecule has 3 rings (SSSR count). The predicted octanol–water partition coefficient (Wildman–Crippen LogP) is 3.63. The SMILES string of the molecule is COCc1ccc(C(=O)OCC(=O)c2cc(C)n(C3CC3)c2C)cc1. The summed E-state index contributed by atoms with van der Waals surface area (Å²) in [6.45, 7) is 4.21. The van der Waals surface area contributed by atoms with Crippen LogP contribution in [0.15, 0.2) is 30.3 Å². The third-order valence-electron chi connectivity index (χ3n) is 4.53. The quantitative estimate of drug-likeness (QED) is 0.570. The Morgan fingerprint density at radius 1 is 1.16 bits per heavy atom. The molecule has 0 aliphatic heterocycles. The minimum absolute atomic E-state index is 0.163. The number of carbonyl (C=O) groups is 2. The minimum atomic E-state index is -0.492. The molecule has 5 heteroatoms. The molecule has 0 unspecified atom stereocenters. The molecule has 0 saturated heterocycles. The van der Waals surface area contributed by atoms with E-state index in [1.165, 1.54) is 0 Å². The lowest BCUT2D eigenvalue weighted by atomic mass is 10.1. The molecule has 1 fully saturated rings. The summed E-state index contributed by atoms with van der Waals surface area (Å²) in [5.41, 5.74) is 4.10. The Hall–Kier alpha value is -2.40. The second kappa shape index (κ2) is 7.23. The highest BCUT2D eigenvalue weighted by Crippen LogP contribution is 2.38. The Morgan fingerprint density at radius 3 is 2.44 bits per heavy atom. The zero-order valence-corrected chi connectivity index (χ0v) is 14.9. The molecule has 132 valence electrons. The van der Waals surface area contributed by atoms with Crippen LogP contribution in [0.4, 0.5) is 0 Å². The number of rotatable bonds is 7. The third kappa shape index (κ3) is 3.82. The van der Waals surface area contributed by atoms with Gasteiger partial charge >= 0.3 is 5.97 Å². The van der Waals surface area contributed by atoms with Crippen LogP contribution in [-0.2, 0) is 16.1 Å². The van der Waals surface area contributed by atoms with E-state index < -0.39 is 5.97 Å². The van der Waals surface area contributed by atoms with Gasteiger partial charge in [0.05, 0.1) is 12.2 Å². The van der Waals surface area contributed by atoms with Crippen molar-refractivity contribution in [1.29, 1.82) is 0 Å². The van der Waals surface area contributed by atoms with Gasteiger partial charge in [0, 0.05) is 30.1 Å². The van der Waals surface area contributed by atoms with Crippen LogP contribution < -0.4 is 0 Å². The second-order valence-corrected chi connectivity index (χ2v) is 6.52. The number of aryl methyl sites for hydroxylation is 1. The lowest BCUT2D eigenvalue weighted by Crippen LogP contribution is -2.15. The maximum Gasteiger partial charge on any atom is 0.338 e. The highest BCUT2D eigenvalue weighted by Gasteiger charge is 2.28. The first kappa shape index (κ1) is 17.4. The highest BCUT2D eigenvalue weighted by atomic mass is 16.5. The van der Waals surface area contributed by atoms with E-state index in [0.717, 1.165) is 29.8 Å². The molecular weight excluding hydrogens is 318 g/mol. The zero-order valence-electron chi connectivity index (χ0n) is 14.9. The number of esters is 1. The van der Waals surface area contributed by atoms with Gasteiger partial charge in [-0.3, -0.25) is 4.79 Å². The van der Waals surface area contributed by atoms with Crippen LogP contribution in [0.25, 0.3) is 0 Å². The molecular formula is C20H23NO4. The molecule has 2 aromatic rings. The van der Waals surface area contributed by atoms with Crippen LogP contribution in [0, 0.1) is 13.8 Å². The van der Waals surface area contributed by atoms with Crippen molar-refractivity contribution < 1.29 is 19.1 Å². The Kier molecular flexibility index (Phi) is 5.04. The molecule has 0 spiro atoms. The van der Waals surface area contributed by atoms with Gasteiger partial charge in [0.2, 0.25) is 5.78 Å². The normalized spacial score (nSPS) is 13.7. The van der Waals surface area contributed by atoms with Crippen LogP contribution in [0.2, 0.25) is 0 Å². The van der Waals surface area contributed by atoms with E-state index in [1.54, 1.807) is 19.2 Å². The van der Waals surface area contributed by atoms with Gasteiger partial charge in [-0.1, -0.05) is 12.1 Å². The maximum atomic E-state index is 12.4. The molecule has 0 amide bonds. The largest absolute Gasteiger partial charge is 0.454 e. The van der Waals surface area contributed by atoms with Crippen molar-refractivity contribution in [2.45, 2.75) is 39.3 Å². The number of Topliss-reactive ketones (excluding diaryl/α,β-unsaturated/α-hetero) is 1. The molecule has 0 radical (unpaired) electrons. The monoisotopic (exact) mass is 341 g/mol. The number of hydrogen-bond donors (Lipinski definition) is 0. The zero-order chi connectivity index (χ0) is 18.0. The van der Waals surface area contributed by atoms with Crippen LogP contribution in [-0.4, -0.2) is 30.0 Å². The summed E-state index contributed by atoms with van der Waals surface area (Å²) in [4.78, 5) is 24.6. The number of benzene rings is 1. The van der Waals surface area contributed by atoms with E-state index in [-0.39, 0.29) is 12.4 Å². The van der Waals surface area contributed by atoms with Crippen molar-refractivity contribution in [3.05, 3.63) is 58.4 Å². The summed E-state index contributed by atoms with van der Waals surface area (Å²) < 4.78 is 12.4. The van der Waals surface area contributed by atoms with Crippen molar-refractivity contribution in [3.8, 4) is 0 Å². The smallest absolute Gasteiger partial charge is 0.338 e. The lowest BCUT2D eigenvalue weighted by Gasteiger charge is -2.08. The summed E-state index contributed by atoms with van der Waals surface area (Å²) in [5.74, 6) is -0.655. The standard InChI is InChI=1S/C20H23NO4/c1-13-10-18(14(2)21(13)17-8-9-17)19(22)12-25-20(23)16-6-4-15(5-7-16)11-24-3/h4-7,10,17H,8-9,11-12H2,1-3H3. The van der Waals surface area contributed by atoms with Crippen molar-refractivity contribution in [3.63, 3.8) is 0 Å². The summed E-state index contributed by atoms with van der Waals surface area (Å²) in [5, 5.41) is 0. The van der Waals surface area contributed by atoms with Gasteiger partial charge in [-0.15, -0.1) is 0 Å². The summed E-state index contributed by atoms with van der Waals surface area (Å²) in [6.07, 6.45) is 2.33. The van der Waals surface area contributed by atoms with Crippen LogP contribution in [0.3, 0.4) is 0 Å². The number of nitrogens with zero attached hydrogens (tertiary/aromatic N) is 1. The number of carbonyl (C=O) groups excluding carboxylic acids is 2. The van der Waals surface area contributed by atoms with Gasteiger partial charge < -0.3 is 14.0 Å². The average Bonchev–Trinajstić information content (AvgIpc) is 3.38. The predicted molar refractivity (Wildman–Crippen MR) is 93.9 cm³/mol. The van der Waals surface area contributed by atoms with Gasteiger partial charge in [0.15, 0.2) is 6.61 Å². The molecule has 1 aliphatic rings. The molecule has 1 aromatic carbocycles. The van der Waals surface area contributed by atoms with Gasteiger partial charge in [0.25, 0.3) is 0 Å². The second-order valence-electron chi connectivity index (χ2n) is 6.52. The Bertz CT molecular complexity index is 785. The number of hydrogen-bond acceptors (Lipinski definition) is 4. The number of aromatic nitrogens is 1. The molecule has 1 aliphatic carbocycles. The van der Waals surface area contributed by atoms with Gasteiger partial charge in [0.1, 0.15) is 0 Å². The van der Waals surface area contributed by atoms with Crippen LogP contribution in [0.1, 0.15) is 56.6 Å². The summed E-state index contributed by atoms with van der Waals surface area (Å²) >= 11 is 0. The average molecular weight is 341 g/mol. The van der Waals surface area contributed by atoms with Crippen LogP contribution in [0.5, 0.6) is 0 Å². The summed E-state index contributed by atoms with van der Waals surface area (Å²) in [6, 6.07) is 9.40. The van der Waals surface area contributed by atoms with Gasteiger partial charge in [-0.05, 0) is 50.5 Å². The molecule has 1 saturated carbocycles. The first-order valence-corrected chi connectivity index (χ1v) is 8.48. The van der Waals surface area contributed by atoms with E-state index in [1.807, 2.05) is 32.0 Å². The first-order valence-electron chi connectivity index (χ1n) is 8.48. The molecule has 0 atom stereocenters. The van der Waals surface area contributed by atoms with Crippen molar-refractivity contribution in [1.82, 2.24) is 4.57 Å². The molecule has 5 nitrogen and oxygen atoms in total. The third-order valence-corrected chi connectivity index (χ3v) is 4.53. The highest BCUT2D eigenvalue weighted by molar-refractivity contribution is 6.00. The Balaban J connectivity index is 1.62. The van der Waals surface area contributed by atoms with E-state index >= 15 is 0 Å². The molecule has 0 N–H and O–H groups in total. The number of ether oxygens (including phenoxy) is 2. The van der Waals surface area contributed by atoms with Crippen LogP contribution >= 0.6 is 0 Å². The molecule has 25 heavy (non-hydrogen) atoms. The fraction of sp³-hybridized carbons (Fsp3) is 0.400. The van der Waals surface area contributed by atoms with E-state index in [4.69, 9.17) is 9.47 Å². The fourth-order valence-corrected chi connectivity index (χ4v) is 3.15. The van der Waals surface area contributed by atoms with E-state index in [2.05, 4.69) is 4.57 Å². The Morgan fingerprint density at radius 2 is 1.84 bits per heavy atom. The molecule has 0 bridgehead atoms. The van der Waals surface area contributed by atoms with Gasteiger partial charge in [-0.2, -0.15) is 0 Å². The Labute approximate surface area is 147 Å². The topological polar surface area (TPSA) is 57.5 Å². The first-order chi connectivity index (χ1) is 12.0. The maximum absolute atomic E-state index is 12.4. The van der Waals surface area contributed by atoms with Gasteiger partial charge in [-0.25, -0.2) is 4.79 Å². The minimum Gasteiger partial charge on any atom is -0.454 e.